The third-order valence-corrected chi connectivity index (χ3v) is 2.65. The third kappa shape index (κ3) is 5.33. The van der Waals surface area contributed by atoms with Gasteiger partial charge < -0.3 is 15.0 Å². The van der Waals surface area contributed by atoms with E-state index in [-0.39, 0.29) is 24.6 Å². The van der Waals surface area contributed by atoms with Crippen molar-refractivity contribution in [2.75, 3.05) is 12.4 Å². The Bertz CT molecular complexity index is 433. The second-order valence-corrected chi connectivity index (χ2v) is 4.32. The molecule has 0 bridgehead atoms. The van der Waals surface area contributed by atoms with E-state index in [1.165, 1.54) is 10.6 Å². The first-order valence-electron chi connectivity index (χ1n) is 5.79. The van der Waals surface area contributed by atoms with Crippen LogP contribution < -0.4 is 10.9 Å². The second kappa shape index (κ2) is 7.89. The first-order valence-corrected chi connectivity index (χ1v) is 6.33. The molecule has 1 aromatic rings. The number of hydrogen-bond donors (Lipinski definition) is 2. The number of hydrogen-bond acceptors (Lipinski definition) is 3. The number of aliphatic hydroxyl groups is 1. The van der Waals surface area contributed by atoms with E-state index in [1.54, 1.807) is 18.3 Å². The zero-order valence-corrected chi connectivity index (χ0v) is 10.8. The summed E-state index contributed by atoms with van der Waals surface area (Å²) in [5.74, 6) is 0.296. The van der Waals surface area contributed by atoms with Crippen LogP contribution in [-0.2, 0) is 11.3 Å². The van der Waals surface area contributed by atoms with Crippen LogP contribution in [0.25, 0.3) is 0 Å². The molecular weight excluding hydrogens is 256 g/mol. The Morgan fingerprint density at radius 3 is 2.94 bits per heavy atom. The van der Waals surface area contributed by atoms with Gasteiger partial charge in [-0.05, 0) is 12.5 Å². The van der Waals surface area contributed by atoms with E-state index in [2.05, 4.69) is 5.32 Å². The summed E-state index contributed by atoms with van der Waals surface area (Å²) in [5.41, 5.74) is -0.176. The standard InChI is InChI=1S/C12H17ClN2O3/c13-6-3-4-11(17)14-8-10(16)9-15-7-2-1-5-12(15)18/h1-2,5,7,10,16H,3-4,6,8-9H2,(H,14,17). The number of halogens is 1. The van der Waals surface area contributed by atoms with Crippen molar-refractivity contribution < 1.29 is 9.90 Å². The quantitative estimate of drug-likeness (QED) is 0.704. The van der Waals surface area contributed by atoms with Crippen molar-refractivity contribution in [2.45, 2.75) is 25.5 Å². The Morgan fingerprint density at radius 1 is 1.50 bits per heavy atom. The summed E-state index contributed by atoms with van der Waals surface area (Å²) in [4.78, 5) is 22.7. The maximum atomic E-state index is 11.4. The number of aliphatic hydroxyl groups excluding tert-OH is 1. The molecule has 0 saturated heterocycles. The van der Waals surface area contributed by atoms with Crippen molar-refractivity contribution in [2.24, 2.45) is 0 Å². The Labute approximate surface area is 110 Å². The molecule has 1 atom stereocenters. The van der Waals surface area contributed by atoms with Crippen molar-refractivity contribution in [3.05, 3.63) is 34.7 Å². The molecule has 0 aromatic carbocycles. The Kier molecular flexibility index (Phi) is 6.46. The van der Waals surface area contributed by atoms with Gasteiger partial charge in [-0.1, -0.05) is 6.07 Å². The first-order chi connectivity index (χ1) is 8.63. The summed E-state index contributed by atoms with van der Waals surface area (Å²) in [6, 6.07) is 4.78. The van der Waals surface area contributed by atoms with E-state index in [0.29, 0.717) is 18.7 Å². The number of carbonyl (C=O) groups is 1. The van der Waals surface area contributed by atoms with Crippen LogP contribution in [0.4, 0.5) is 0 Å². The summed E-state index contributed by atoms with van der Waals surface area (Å²) in [6.45, 7) is 0.290. The molecule has 1 heterocycles. The van der Waals surface area contributed by atoms with E-state index in [1.807, 2.05) is 0 Å². The van der Waals surface area contributed by atoms with Crippen LogP contribution in [0.1, 0.15) is 12.8 Å². The van der Waals surface area contributed by atoms with E-state index in [4.69, 9.17) is 11.6 Å². The number of nitrogens with zero attached hydrogens (tertiary/aromatic N) is 1. The van der Waals surface area contributed by atoms with Crippen LogP contribution in [0.3, 0.4) is 0 Å². The minimum Gasteiger partial charge on any atom is -0.389 e. The van der Waals surface area contributed by atoms with Gasteiger partial charge in [0.15, 0.2) is 0 Å². The van der Waals surface area contributed by atoms with Crippen molar-refractivity contribution in [3.63, 3.8) is 0 Å². The molecule has 18 heavy (non-hydrogen) atoms. The fourth-order valence-electron chi connectivity index (χ4n) is 1.45. The molecule has 0 aliphatic heterocycles. The molecule has 1 aromatic heterocycles. The monoisotopic (exact) mass is 272 g/mol. The van der Waals surface area contributed by atoms with Crippen molar-refractivity contribution in [1.29, 1.82) is 0 Å². The number of aromatic nitrogens is 1. The lowest BCUT2D eigenvalue weighted by Gasteiger charge is -2.13. The second-order valence-electron chi connectivity index (χ2n) is 3.94. The molecule has 0 fully saturated rings. The SMILES string of the molecule is O=C(CCCCl)NCC(O)Cn1ccccc1=O. The highest BCUT2D eigenvalue weighted by Gasteiger charge is 2.08. The Balaban J connectivity index is 2.34. The molecule has 1 amide bonds. The minimum absolute atomic E-state index is 0.127. The van der Waals surface area contributed by atoms with Gasteiger partial charge in [-0.15, -0.1) is 11.6 Å². The highest BCUT2D eigenvalue weighted by molar-refractivity contribution is 6.17. The Morgan fingerprint density at radius 2 is 2.28 bits per heavy atom. The normalized spacial score (nSPS) is 12.1. The van der Waals surface area contributed by atoms with Gasteiger partial charge in [0.05, 0.1) is 12.6 Å². The summed E-state index contributed by atoms with van der Waals surface area (Å²) < 4.78 is 1.40. The van der Waals surface area contributed by atoms with Gasteiger partial charge in [0.1, 0.15) is 0 Å². The molecule has 100 valence electrons. The van der Waals surface area contributed by atoms with Gasteiger partial charge in [-0.3, -0.25) is 9.59 Å². The van der Waals surface area contributed by atoms with E-state index in [9.17, 15) is 14.7 Å². The fourth-order valence-corrected chi connectivity index (χ4v) is 1.58. The number of rotatable bonds is 7. The first kappa shape index (κ1) is 14.7. The molecule has 6 heteroatoms. The molecule has 1 unspecified atom stereocenters. The van der Waals surface area contributed by atoms with Gasteiger partial charge in [0.25, 0.3) is 5.56 Å². The lowest BCUT2D eigenvalue weighted by atomic mass is 10.3. The van der Waals surface area contributed by atoms with Crippen LogP contribution in [0.15, 0.2) is 29.2 Å². The van der Waals surface area contributed by atoms with Crippen LogP contribution in [0, 0.1) is 0 Å². The molecular formula is C12H17ClN2O3. The van der Waals surface area contributed by atoms with Crippen LogP contribution in [0.2, 0.25) is 0 Å². The number of nitrogens with one attached hydrogen (secondary N) is 1. The minimum atomic E-state index is -0.787. The maximum absolute atomic E-state index is 11.4. The number of carbonyl (C=O) groups excluding carboxylic acids is 1. The zero-order chi connectivity index (χ0) is 13.4. The van der Waals surface area contributed by atoms with Crippen molar-refractivity contribution in [1.82, 2.24) is 9.88 Å². The summed E-state index contributed by atoms with van der Waals surface area (Å²) in [6.07, 6.45) is 1.77. The predicted octanol–water partition coefficient (Wildman–Crippen LogP) is 0.344. The molecule has 0 aliphatic rings. The number of pyridine rings is 1. The fraction of sp³-hybridized carbons (Fsp3) is 0.500. The van der Waals surface area contributed by atoms with E-state index < -0.39 is 6.10 Å². The van der Waals surface area contributed by atoms with Crippen LogP contribution in [-0.4, -0.2) is 34.1 Å². The molecule has 0 spiro atoms. The predicted molar refractivity (Wildman–Crippen MR) is 69.7 cm³/mol. The van der Waals surface area contributed by atoms with Gasteiger partial charge in [-0.2, -0.15) is 0 Å². The van der Waals surface area contributed by atoms with Gasteiger partial charge in [-0.25, -0.2) is 0 Å². The Hall–Kier alpha value is -1.33. The molecule has 0 saturated carbocycles. The zero-order valence-electron chi connectivity index (χ0n) is 10.0. The van der Waals surface area contributed by atoms with Gasteiger partial charge >= 0.3 is 0 Å². The number of alkyl halides is 1. The highest BCUT2D eigenvalue weighted by atomic mass is 35.5. The van der Waals surface area contributed by atoms with E-state index in [0.717, 1.165) is 0 Å². The third-order valence-electron chi connectivity index (χ3n) is 2.38. The lowest BCUT2D eigenvalue weighted by Crippen LogP contribution is -2.36. The summed E-state index contributed by atoms with van der Waals surface area (Å²) >= 11 is 5.47. The molecule has 1 rings (SSSR count). The van der Waals surface area contributed by atoms with Crippen LogP contribution >= 0.6 is 11.6 Å². The van der Waals surface area contributed by atoms with Crippen molar-refractivity contribution >= 4 is 17.5 Å². The summed E-state index contributed by atoms with van der Waals surface area (Å²) in [5, 5.41) is 12.3. The molecule has 0 radical (unpaired) electrons. The average Bonchev–Trinajstić information content (AvgIpc) is 2.36. The lowest BCUT2D eigenvalue weighted by molar-refractivity contribution is -0.121. The highest BCUT2D eigenvalue weighted by Crippen LogP contribution is 1.93. The largest absolute Gasteiger partial charge is 0.389 e. The molecule has 0 aliphatic carbocycles. The topological polar surface area (TPSA) is 71.3 Å². The number of amides is 1. The van der Waals surface area contributed by atoms with Crippen molar-refractivity contribution in [3.8, 4) is 0 Å². The molecule has 5 nitrogen and oxygen atoms in total. The van der Waals surface area contributed by atoms with Crippen LogP contribution in [0.5, 0.6) is 0 Å². The summed E-state index contributed by atoms with van der Waals surface area (Å²) in [7, 11) is 0. The maximum Gasteiger partial charge on any atom is 0.250 e. The van der Waals surface area contributed by atoms with E-state index >= 15 is 0 Å². The average molecular weight is 273 g/mol. The van der Waals surface area contributed by atoms with Gasteiger partial charge in [0.2, 0.25) is 5.91 Å². The smallest absolute Gasteiger partial charge is 0.250 e. The molecule has 2 N–H and O–H groups in total. The van der Waals surface area contributed by atoms with Gasteiger partial charge in [0, 0.05) is 31.1 Å².